The van der Waals surface area contributed by atoms with Crippen molar-refractivity contribution in [2.45, 2.75) is 50.4 Å². The van der Waals surface area contributed by atoms with Gasteiger partial charge in [-0.1, -0.05) is 0 Å². The summed E-state index contributed by atoms with van der Waals surface area (Å²) in [5.74, 6) is 0. The summed E-state index contributed by atoms with van der Waals surface area (Å²) in [4.78, 5) is 15.3. The van der Waals surface area contributed by atoms with Gasteiger partial charge in [-0.2, -0.15) is 0 Å². The zero-order chi connectivity index (χ0) is 14.3. The first-order chi connectivity index (χ1) is 7.94. The number of anilines is 1. The molecule has 0 aromatic heterocycles. The molecule has 102 valence electrons. The Kier molecular flexibility index (Phi) is 5.14. The summed E-state index contributed by atoms with van der Waals surface area (Å²) in [7, 11) is 0. The quantitative estimate of drug-likeness (QED) is 0.568. The van der Waals surface area contributed by atoms with Crippen LogP contribution in [0.4, 0.5) is 5.69 Å². The second kappa shape index (κ2) is 5.55. The Morgan fingerprint density at radius 3 is 1.33 bits per heavy atom. The number of hydrogen-bond donors (Lipinski definition) is 0. The molecule has 0 bridgehead atoms. The molecule has 0 saturated heterocycles. The molecular formula is C15H29NSn2. The second-order valence-electron chi connectivity index (χ2n) is 7.42. The van der Waals surface area contributed by atoms with Crippen LogP contribution >= 0.6 is 0 Å². The van der Waals surface area contributed by atoms with Crippen LogP contribution in [0.2, 0.25) is 29.6 Å². The van der Waals surface area contributed by atoms with E-state index in [0.29, 0.717) is 0 Å². The fourth-order valence-corrected chi connectivity index (χ4v) is 53.3. The van der Waals surface area contributed by atoms with Crippen molar-refractivity contribution < 1.29 is 0 Å². The number of nitrogens with zero attached hydrogens (tertiary/aromatic N) is 1. The monoisotopic (exact) mass is 463 g/mol. The summed E-state index contributed by atoms with van der Waals surface area (Å²) in [6.07, 6.45) is 0. The summed E-state index contributed by atoms with van der Waals surface area (Å²) in [5, 5.41) is 0. The van der Waals surface area contributed by atoms with E-state index in [-0.39, 0.29) is 0 Å². The molecule has 3 heteroatoms. The van der Waals surface area contributed by atoms with Crippen molar-refractivity contribution in [3.8, 4) is 0 Å². The Morgan fingerprint density at radius 2 is 1.06 bits per heavy atom. The van der Waals surface area contributed by atoms with Crippen LogP contribution in [0, 0.1) is 20.8 Å². The Labute approximate surface area is 122 Å². The Morgan fingerprint density at radius 1 is 0.722 bits per heavy atom. The summed E-state index contributed by atoms with van der Waals surface area (Å²) >= 11 is -4.19. The van der Waals surface area contributed by atoms with Gasteiger partial charge in [-0.3, -0.25) is 0 Å². The molecule has 0 amide bonds. The first kappa shape index (κ1) is 16.7. The van der Waals surface area contributed by atoms with Crippen LogP contribution in [0.3, 0.4) is 0 Å². The van der Waals surface area contributed by atoms with Crippen molar-refractivity contribution in [3.63, 3.8) is 0 Å². The van der Waals surface area contributed by atoms with Gasteiger partial charge >= 0.3 is 124 Å². The maximum atomic E-state index is 2.97. The van der Waals surface area contributed by atoms with E-state index >= 15 is 0 Å². The fourth-order valence-electron chi connectivity index (χ4n) is 3.20. The van der Waals surface area contributed by atoms with E-state index in [1.807, 2.05) is 0 Å². The molecule has 0 saturated carbocycles. The van der Waals surface area contributed by atoms with Gasteiger partial charge in [-0.05, 0) is 0 Å². The van der Waals surface area contributed by atoms with Gasteiger partial charge in [0.1, 0.15) is 0 Å². The van der Waals surface area contributed by atoms with Crippen LogP contribution in [0.5, 0.6) is 0 Å². The van der Waals surface area contributed by atoms with Gasteiger partial charge in [-0.25, -0.2) is 0 Å². The molecule has 0 heterocycles. The van der Waals surface area contributed by atoms with Crippen LogP contribution in [0.15, 0.2) is 12.1 Å². The van der Waals surface area contributed by atoms with Gasteiger partial charge in [0.05, 0.1) is 0 Å². The van der Waals surface area contributed by atoms with Gasteiger partial charge in [0.25, 0.3) is 0 Å². The number of rotatable bonds is 3. The molecule has 0 aliphatic rings. The molecule has 0 spiro atoms. The third-order valence-corrected chi connectivity index (χ3v) is 37.8. The fraction of sp³-hybridized carbons (Fsp3) is 0.600. The predicted octanol–water partition coefficient (Wildman–Crippen LogP) is 5.09. The Hall–Kier alpha value is 0.617. The molecule has 1 rings (SSSR count). The Balaban J connectivity index is 3.50. The third kappa shape index (κ3) is 3.81. The second-order valence-corrected chi connectivity index (χ2v) is 38.4. The zero-order valence-electron chi connectivity index (χ0n) is 13.6. The van der Waals surface area contributed by atoms with E-state index in [0.717, 1.165) is 0 Å². The molecule has 0 aliphatic heterocycles. The molecule has 1 aromatic carbocycles. The van der Waals surface area contributed by atoms with Crippen molar-refractivity contribution in [2.24, 2.45) is 0 Å². The summed E-state index contributed by atoms with van der Waals surface area (Å²) in [5.41, 5.74) is 5.92. The van der Waals surface area contributed by atoms with Crippen LogP contribution in [0.25, 0.3) is 0 Å². The van der Waals surface area contributed by atoms with Crippen molar-refractivity contribution in [1.29, 1.82) is 0 Å². The van der Waals surface area contributed by atoms with Gasteiger partial charge in [-0.15, -0.1) is 0 Å². The van der Waals surface area contributed by atoms with Gasteiger partial charge in [0.15, 0.2) is 0 Å². The van der Waals surface area contributed by atoms with Gasteiger partial charge in [0, 0.05) is 0 Å². The van der Waals surface area contributed by atoms with E-state index in [1.165, 1.54) is 16.7 Å². The molecule has 0 fully saturated rings. The Bertz CT molecular complexity index is 402. The van der Waals surface area contributed by atoms with E-state index in [9.17, 15) is 0 Å². The standard InChI is InChI=1S/C9H11N.6CH3.2Sn/c1-6-4-7(2)9(10)8(3)5-6;;;;;;;;/h4-5H,1-3H3;6*1H3;;. The predicted molar refractivity (Wildman–Crippen MR) is 89.8 cm³/mol. The molecular weight excluding hydrogens is 432 g/mol. The normalized spacial score (nSPS) is 12.7. The third-order valence-electron chi connectivity index (χ3n) is 3.20. The van der Waals surface area contributed by atoms with E-state index in [1.54, 1.807) is 5.69 Å². The van der Waals surface area contributed by atoms with E-state index in [2.05, 4.69) is 63.9 Å². The van der Waals surface area contributed by atoms with Gasteiger partial charge < -0.3 is 0 Å². The van der Waals surface area contributed by atoms with E-state index < -0.39 is 37.3 Å². The topological polar surface area (TPSA) is 3.24 Å². The SMILES string of the molecule is Cc1cc(C)c([N]([Sn]([CH3])([CH3])[CH3])[Sn]([CH3])([CH3])[CH3])c(C)c1. The molecule has 1 aromatic rings. The minimum absolute atomic E-state index is 1.39. The van der Waals surface area contributed by atoms with Crippen molar-refractivity contribution in [1.82, 2.24) is 0 Å². The molecule has 1 nitrogen and oxygen atoms in total. The van der Waals surface area contributed by atoms with E-state index in [4.69, 9.17) is 0 Å². The molecule has 0 aliphatic carbocycles. The molecule has 0 atom stereocenters. The zero-order valence-corrected chi connectivity index (χ0v) is 19.3. The number of aryl methyl sites for hydroxylation is 3. The van der Waals surface area contributed by atoms with Gasteiger partial charge in [0.2, 0.25) is 0 Å². The summed E-state index contributed by atoms with van der Waals surface area (Å²) in [6, 6.07) is 4.70. The first-order valence-corrected chi connectivity index (χ1v) is 26.5. The molecule has 0 unspecified atom stereocenters. The maximum absolute atomic E-state index is 2.97. The van der Waals surface area contributed by atoms with Crippen LogP contribution in [0.1, 0.15) is 16.7 Å². The molecule has 18 heavy (non-hydrogen) atoms. The van der Waals surface area contributed by atoms with Crippen LogP contribution in [-0.4, -0.2) is 37.3 Å². The number of benzene rings is 1. The summed E-state index contributed by atoms with van der Waals surface area (Å²) in [6.45, 7) is 6.78. The van der Waals surface area contributed by atoms with Crippen LogP contribution < -0.4 is 1.34 Å². The molecule has 0 radical (unpaired) electrons. The average Bonchev–Trinajstić information content (AvgIpc) is 2.06. The first-order valence-electron chi connectivity index (χ1n) is 6.83. The summed E-state index contributed by atoms with van der Waals surface area (Å²) < 4.78 is 2.97. The number of hydrogen-bond acceptors (Lipinski definition) is 1. The van der Waals surface area contributed by atoms with Crippen molar-refractivity contribution in [3.05, 3.63) is 28.8 Å². The average molecular weight is 461 g/mol. The van der Waals surface area contributed by atoms with Crippen LogP contribution in [-0.2, 0) is 0 Å². The minimum atomic E-state index is -2.10. The van der Waals surface area contributed by atoms with Crippen molar-refractivity contribution >= 4 is 43.0 Å². The molecule has 0 N–H and O–H groups in total. The van der Waals surface area contributed by atoms with Crippen molar-refractivity contribution in [2.75, 3.05) is 1.34 Å².